The molecule has 0 saturated carbocycles. The Labute approximate surface area is 213 Å². The minimum atomic E-state index is 0. The van der Waals surface area contributed by atoms with Gasteiger partial charge in [0.15, 0.2) is 5.96 Å². The first-order chi connectivity index (χ1) is 15.3. The quantitative estimate of drug-likeness (QED) is 0.201. The Hall–Kier alpha value is -0.900. The van der Waals surface area contributed by atoms with Crippen LogP contribution in [0.1, 0.15) is 45.1 Å². The van der Waals surface area contributed by atoms with Crippen molar-refractivity contribution in [3.8, 4) is 0 Å². The van der Waals surface area contributed by atoms with Crippen molar-refractivity contribution in [2.45, 2.75) is 52.1 Å². The molecule has 32 heavy (non-hydrogen) atoms. The molecule has 1 aromatic carbocycles. The number of hydrogen-bond donors (Lipinski definition) is 2. The Morgan fingerprint density at radius 1 is 0.906 bits per heavy atom. The molecule has 2 aliphatic heterocycles. The number of hydrogen-bond acceptors (Lipinski definition) is 4. The average molecular weight is 557 g/mol. The van der Waals surface area contributed by atoms with Gasteiger partial charge in [0.25, 0.3) is 0 Å². The summed E-state index contributed by atoms with van der Waals surface area (Å²) in [6.45, 7) is 16.9. The zero-order valence-corrected chi connectivity index (χ0v) is 22.6. The van der Waals surface area contributed by atoms with Gasteiger partial charge in [-0.3, -0.25) is 9.89 Å². The van der Waals surface area contributed by atoms with E-state index >= 15 is 0 Å². The molecule has 3 rings (SSSR count). The lowest BCUT2D eigenvalue weighted by Gasteiger charge is -2.34. The molecule has 0 radical (unpaired) electrons. The molecule has 2 N–H and O–H groups in total. The highest BCUT2D eigenvalue weighted by molar-refractivity contribution is 14.0. The summed E-state index contributed by atoms with van der Waals surface area (Å²) in [5.74, 6) is 1.00. The Bertz CT molecular complexity index is 625. The molecule has 2 fully saturated rings. The number of unbranched alkanes of at least 4 members (excludes halogenated alkanes) is 1. The summed E-state index contributed by atoms with van der Waals surface area (Å²) in [5, 5.41) is 7.13. The molecule has 2 aliphatic rings. The third-order valence-corrected chi connectivity index (χ3v) is 6.59. The minimum Gasteiger partial charge on any atom is -0.357 e. The summed E-state index contributed by atoms with van der Waals surface area (Å²) in [5.41, 5.74) is 1.41. The normalized spacial score (nSPS) is 19.5. The molecule has 0 unspecified atom stereocenters. The molecule has 2 saturated heterocycles. The molecule has 0 atom stereocenters. The van der Waals surface area contributed by atoms with Crippen LogP contribution in [0, 0.1) is 0 Å². The zero-order chi connectivity index (χ0) is 21.7. The van der Waals surface area contributed by atoms with Crippen LogP contribution in [0.25, 0.3) is 0 Å². The molecule has 0 spiro atoms. The van der Waals surface area contributed by atoms with Gasteiger partial charge in [-0.25, -0.2) is 0 Å². The first kappa shape index (κ1) is 27.3. The van der Waals surface area contributed by atoms with Crippen molar-refractivity contribution in [2.24, 2.45) is 4.99 Å². The van der Waals surface area contributed by atoms with Crippen LogP contribution < -0.4 is 10.6 Å². The number of aliphatic imine (C=N–C) groups is 1. The highest BCUT2D eigenvalue weighted by Gasteiger charge is 2.20. The number of piperazine rings is 1. The number of rotatable bonds is 10. The fourth-order valence-corrected chi connectivity index (χ4v) is 4.56. The van der Waals surface area contributed by atoms with Crippen LogP contribution in [0.3, 0.4) is 0 Å². The topological polar surface area (TPSA) is 46.1 Å². The Balaban J connectivity index is 0.00000363. The van der Waals surface area contributed by atoms with Crippen molar-refractivity contribution in [2.75, 3.05) is 65.4 Å². The zero-order valence-electron chi connectivity index (χ0n) is 20.3. The Kier molecular flexibility index (Phi) is 13.5. The largest absolute Gasteiger partial charge is 0.357 e. The van der Waals surface area contributed by atoms with Crippen LogP contribution >= 0.6 is 24.0 Å². The van der Waals surface area contributed by atoms with Gasteiger partial charge in [0.1, 0.15) is 0 Å². The molecule has 182 valence electrons. The maximum atomic E-state index is 4.86. The van der Waals surface area contributed by atoms with E-state index in [1.807, 2.05) is 0 Å². The third kappa shape index (κ3) is 9.93. The summed E-state index contributed by atoms with van der Waals surface area (Å²) < 4.78 is 0. The maximum absolute atomic E-state index is 4.86. The third-order valence-electron chi connectivity index (χ3n) is 6.59. The van der Waals surface area contributed by atoms with E-state index in [1.54, 1.807) is 0 Å². The highest BCUT2D eigenvalue weighted by Crippen LogP contribution is 2.14. The number of likely N-dealkylation sites (tertiary alicyclic amines) is 1. The highest BCUT2D eigenvalue weighted by atomic mass is 127. The van der Waals surface area contributed by atoms with Gasteiger partial charge in [-0.2, -0.15) is 0 Å². The lowest BCUT2D eigenvalue weighted by atomic mass is 10.0. The first-order valence-corrected chi connectivity index (χ1v) is 12.5. The number of nitrogens with one attached hydrogen (secondary N) is 2. The van der Waals surface area contributed by atoms with E-state index in [0.717, 1.165) is 38.7 Å². The van der Waals surface area contributed by atoms with Gasteiger partial charge in [-0.05, 0) is 51.3 Å². The molecule has 0 bridgehead atoms. The fraction of sp³-hybridized carbons (Fsp3) is 0.720. The first-order valence-electron chi connectivity index (χ1n) is 12.5. The number of piperidine rings is 1. The van der Waals surface area contributed by atoms with Gasteiger partial charge in [-0.15, -0.1) is 24.0 Å². The van der Waals surface area contributed by atoms with Gasteiger partial charge in [-0.1, -0.05) is 37.3 Å². The second kappa shape index (κ2) is 15.9. The van der Waals surface area contributed by atoms with Crippen LogP contribution in [-0.2, 0) is 6.54 Å². The summed E-state index contributed by atoms with van der Waals surface area (Å²) >= 11 is 0. The Morgan fingerprint density at radius 3 is 2.25 bits per heavy atom. The van der Waals surface area contributed by atoms with Crippen molar-refractivity contribution in [1.29, 1.82) is 0 Å². The van der Waals surface area contributed by atoms with Crippen LogP contribution in [0.15, 0.2) is 35.3 Å². The van der Waals surface area contributed by atoms with Crippen molar-refractivity contribution < 1.29 is 0 Å². The van der Waals surface area contributed by atoms with E-state index < -0.39 is 0 Å². The number of likely N-dealkylation sites (N-methyl/N-ethyl adjacent to an activating group) is 1. The van der Waals surface area contributed by atoms with E-state index in [-0.39, 0.29) is 24.0 Å². The van der Waals surface area contributed by atoms with Crippen molar-refractivity contribution in [3.05, 3.63) is 35.9 Å². The summed E-state index contributed by atoms with van der Waals surface area (Å²) in [6, 6.07) is 11.3. The summed E-state index contributed by atoms with van der Waals surface area (Å²) in [6.07, 6.45) is 4.77. The average Bonchev–Trinajstić information content (AvgIpc) is 2.81. The second-order valence-corrected chi connectivity index (χ2v) is 8.92. The number of benzene rings is 1. The molecule has 0 amide bonds. The molecule has 0 aliphatic carbocycles. The van der Waals surface area contributed by atoms with Crippen LogP contribution in [0.2, 0.25) is 0 Å². The SMILES string of the molecule is CCNC(=NCCCCN1CCN(CC)CC1)NC1CCN(Cc2ccccc2)CC1.I. The van der Waals surface area contributed by atoms with Gasteiger partial charge < -0.3 is 20.4 Å². The molecule has 0 aromatic heterocycles. The van der Waals surface area contributed by atoms with Crippen LogP contribution in [0.4, 0.5) is 0 Å². The van der Waals surface area contributed by atoms with Gasteiger partial charge in [0.05, 0.1) is 0 Å². The smallest absolute Gasteiger partial charge is 0.191 e. The van der Waals surface area contributed by atoms with E-state index in [2.05, 4.69) is 69.5 Å². The van der Waals surface area contributed by atoms with E-state index in [4.69, 9.17) is 4.99 Å². The molecule has 1 aromatic rings. The minimum absolute atomic E-state index is 0. The second-order valence-electron chi connectivity index (χ2n) is 8.92. The standard InChI is InChI=1S/C25H44N6.HI/c1-3-26-25(27-14-8-9-15-30-20-18-29(4-2)19-21-30)28-24-12-16-31(17-13-24)22-23-10-6-5-7-11-23;/h5-7,10-11,24H,3-4,8-9,12-22H2,1-2H3,(H2,26,27,28);1H. The van der Waals surface area contributed by atoms with Gasteiger partial charge in [0, 0.05) is 64.9 Å². The fourth-order valence-electron chi connectivity index (χ4n) is 4.56. The predicted molar refractivity (Wildman–Crippen MR) is 147 cm³/mol. The van der Waals surface area contributed by atoms with E-state index in [9.17, 15) is 0 Å². The lowest BCUT2D eigenvalue weighted by molar-refractivity contribution is 0.136. The number of guanidine groups is 1. The van der Waals surface area contributed by atoms with Crippen molar-refractivity contribution in [3.63, 3.8) is 0 Å². The summed E-state index contributed by atoms with van der Waals surface area (Å²) in [7, 11) is 0. The number of halogens is 1. The lowest BCUT2D eigenvalue weighted by Crippen LogP contribution is -2.48. The maximum Gasteiger partial charge on any atom is 0.191 e. The molecular formula is C25H45IN6. The van der Waals surface area contributed by atoms with Crippen LogP contribution in [0.5, 0.6) is 0 Å². The predicted octanol–water partition coefficient (Wildman–Crippen LogP) is 3.24. The van der Waals surface area contributed by atoms with Crippen molar-refractivity contribution in [1.82, 2.24) is 25.3 Å². The molecular weight excluding hydrogens is 511 g/mol. The van der Waals surface area contributed by atoms with Crippen LogP contribution in [-0.4, -0.2) is 92.1 Å². The van der Waals surface area contributed by atoms with E-state index in [1.165, 1.54) is 70.5 Å². The molecule has 2 heterocycles. The van der Waals surface area contributed by atoms with E-state index in [0.29, 0.717) is 6.04 Å². The van der Waals surface area contributed by atoms with Crippen molar-refractivity contribution >= 4 is 29.9 Å². The van der Waals surface area contributed by atoms with Gasteiger partial charge >= 0.3 is 0 Å². The monoisotopic (exact) mass is 556 g/mol. The molecule has 7 heteroatoms. The Morgan fingerprint density at radius 2 is 1.59 bits per heavy atom. The number of nitrogens with zero attached hydrogens (tertiary/aromatic N) is 4. The van der Waals surface area contributed by atoms with Gasteiger partial charge in [0.2, 0.25) is 0 Å². The summed E-state index contributed by atoms with van der Waals surface area (Å²) in [4.78, 5) is 12.6. The molecule has 6 nitrogen and oxygen atoms in total.